The Morgan fingerprint density at radius 3 is 2.54 bits per heavy atom. The van der Waals surface area contributed by atoms with Gasteiger partial charge in [-0.1, -0.05) is 23.5 Å². The van der Waals surface area contributed by atoms with Crippen LogP contribution in [0, 0.1) is 0 Å². The van der Waals surface area contributed by atoms with Crippen LogP contribution >= 0.6 is 11.3 Å². The SMILES string of the molecule is Nc1nc2ccccc2s1.OBO. The standard InChI is InChI=1S/C7H6N2S.BH3O2/c8-7-9-5-3-1-2-4-6(5)10-7;2-1-3/h1-4H,(H2,8,9);1-3H. The Kier molecular flexibility index (Phi) is 3.69. The zero-order chi connectivity index (χ0) is 9.68. The van der Waals surface area contributed by atoms with Gasteiger partial charge in [-0.25, -0.2) is 4.98 Å². The molecule has 0 aliphatic carbocycles. The maximum Gasteiger partial charge on any atom is 0.432 e. The van der Waals surface area contributed by atoms with Gasteiger partial charge in [0.15, 0.2) is 5.13 Å². The molecule has 13 heavy (non-hydrogen) atoms. The molecule has 0 radical (unpaired) electrons. The summed E-state index contributed by atoms with van der Waals surface area (Å²) >= 11 is 1.52. The molecule has 1 aromatic heterocycles. The Balaban J connectivity index is 0.000000251. The zero-order valence-electron chi connectivity index (χ0n) is 6.84. The number of benzene rings is 1. The highest BCUT2D eigenvalue weighted by atomic mass is 32.1. The maximum absolute atomic E-state index is 7.12. The van der Waals surface area contributed by atoms with Crippen molar-refractivity contribution in [1.29, 1.82) is 0 Å². The van der Waals surface area contributed by atoms with Crippen molar-refractivity contribution < 1.29 is 10.0 Å². The number of rotatable bonds is 0. The van der Waals surface area contributed by atoms with Crippen LogP contribution in [0.3, 0.4) is 0 Å². The number of nitrogens with two attached hydrogens (primary N) is 1. The van der Waals surface area contributed by atoms with Gasteiger partial charge in [0.1, 0.15) is 0 Å². The Hall–Kier alpha value is -1.11. The van der Waals surface area contributed by atoms with Crippen LogP contribution in [0.1, 0.15) is 0 Å². The first-order chi connectivity index (χ1) is 6.27. The summed E-state index contributed by atoms with van der Waals surface area (Å²) < 4.78 is 1.15. The zero-order valence-corrected chi connectivity index (χ0v) is 7.66. The minimum atomic E-state index is -0.750. The fourth-order valence-corrected chi connectivity index (χ4v) is 1.62. The molecule has 0 spiro atoms. The van der Waals surface area contributed by atoms with Gasteiger partial charge in [-0.2, -0.15) is 0 Å². The van der Waals surface area contributed by atoms with Crippen LogP contribution in [0.4, 0.5) is 5.13 Å². The van der Waals surface area contributed by atoms with Crippen molar-refractivity contribution in [3.05, 3.63) is 24.3 Å². The normalized spacial score (nSPS) is 9.08. The van der Waals surface area contributed by atoms with Crippen LogP contribution in [0.25, 0.3) is 10.2 Å². The lowest BCUT2D eigenvalue weighted by Gasteiger charge is -1.80. The second-order valence-electron chi connectivity index (χ2n) is 2.16. The first-order valence-corrected chi connectivity index (χ1v) is 4.42. The van der Waals surface area contributed by atoms with Crippen molar-refractivity contribution in [3.8, 4) is 0 Å². The van der Waals surface area contributed by atoms with E-state index < -0.39 is 7.69 Å². The van der Waals surface area contributed by atoms with Crippen LogP contribution < -0.4 is 5.73 Å². The van der Waals surface area contributed by atoms with Gasteiger partial charge in [-0.05, 0) is 12.1 Å². The first kappa shape index (κ1) is 9.98. The number of hydrogen-bond acceptors (Lipinski definition) is 5. The highest BCUT2D eigenvalue weighted by Gasteiger charge is 1.96. The fourth-order valence-electron chi connectivity index (χ4n) is 0.890. The second kappa shape index (κ2) is 4.81. The van der Waals surface area contributed by atoms with E-state index in [4.69, 9.17) is 15.8 Å². The van der Waals surface area contributed by atoms with Crippen LogP contribution in [-0.2, 0) is 0 Å². The summed E-state index contributed by atoms with van der Waals surface area (Å²) in [5, 5.41) is 14.9. The van der Waals surface area contributed by atoms with Gasteiger partial charge in [-0.15, -0.1) is 0 Å². The van der Waals surface area contributed by atoms with E-state index in [-0.39, 0.29) is 0 Å². The monoisotopic (exact) mass is 196 g/mol. The molecule has 0 atom stereocenters. The van der Waals surface area contributed by atoms with E-state index in [1.807, 2.05) is 24.3 Å². The molecule has 68 valence electrons. The predicted octanol–water partition coefficient (Wildman–Crippen LogP) is 0.116. The van der Waals surface area contributed by atoms with E-state index in [1.54, 1.807) is 0 Å². The lowest BCUT2D eigenvalue weighted by atomic mass is 10.3. The summed E-state index contributed by atoms with van der Waals surface area (Å²) in [5.41, 5.74) is 6.49. The third-order valence-electron chi connectivity index (χ3n) is 1.31. The van der Waals surface area contributed by atoms with Gasteiger partial charge in [0, 0.05) is 0 Å². The molecule has 6 heteroatoms. The van der Waals surface area contributed by atoms with Crippen molar-refractivity contribution in [2.24, 2.45) is 0 Å². The molecule has 1 aromatic carbocycles. The number of anilines is 1. The Bertz CT molecular complexity index is 346. The van der Waals surface area contributed by atoms with Crippen molar-refractivity contribution in [2.75, 3.05) is 5.73 Å². The molecule has 0 amide bonds. The van der Waals surface area contributed by atoms with Gasteiger partial charge in [0.25, 0.3) is 0 Å². The molecule has 0 aliphatic rings. The summed E-state index contributed by atoms with van der Waals surface area (Å²) in [7, 11) is -0.750. The lowest BCUT2D eigenvalue weighted by molar-refractivity contribution is 0.448. The number of hydrogen-bond donors (Lipinski definition) is 3. The molecular weight excluding hydrogens is 187 g/mol. The number of nitrogens with zero attached hydrogens (tertiary/aromatic N) is 1. The summed E-state index contributed by atoms with van der Waals surface area (Å²) in [4.78, 5) is 4.11. The van der Waals surface area contributed by atoms with Crippen molar-refractivity contribution >= 4 is 34.4 Å². The Morgan fingerprint density at radius 1 is 1.31 bits per heavy atom. The van der Waals surface area contributed by atoms with Gasteiger partial charge >= 0.3 is 7.69 Å². The Morgan fingerprint density at radius 2 is 1.92 bits per heavy atom. The largest absolute Gasteiger partial charge is 0.432 e. The highest BCUT2D eigenvalue weighted by Crippen LogP contribution is 2.22. The van der Waals surface area contributed by atoms with Gasteiger partial charge in [-0.3, -0.25) is 0 Å². The molecular formula is C7H9BN2O2S. The molecule has 2 rings (SSSR count). The van der Waals surface area contributed by atoms with Crippen LogP contribution in [0.2, 0.25) is 0 Å². The molecule has 0 unspecified atom stereocenters. The summed E-state index contributed by atoms with van der Waals surface area (Å²) in [6, 6.07) is 7.92. The van der Waals surface area contributed by atoms with Crippen LogP contribution in [0.15, 0.2) is 24.3 Å². The number of fused-ring (bicyclic) bond motifs is 1. The third-order valence-corrected chi connectivity index (χ3v) is 2.18. The minimum absolute atomic E-state index is 0.640. The summed E-state index contributed by atoms with van der Waals surface area (Å²) in [6.45, 7) is 0. The van der Waals surface area contributed by atoms with Gasteiger partial charge < -0.3 is 15.8 Å². The highest BCUT2D eigenvalue weighted by molar-refractivity contribution is 7.22. The van der Waals surface area contributed by atoms with Crippen molar-refractivity contribution in [2.45, 2.75) is 0 Å². The third kappa shape index (κ3) is 2.69. The molecule has 0 saturated carbocycles. The fraction of sp³-hybridized carbons (Fsp3) is 0. The number of nitrogen functional groups attached to an aromatic ring is 1. The lowest BCUT2D eigenvalue weighted by Crippen LogP contribution is -1.78. The van der Waals surface area contributed by atoms with E-state index >= 15 is 0 Å². The van der Waals surface area contributed by atoms with E-state index in [0.717, 1.165) is 10.2 Å². The minimum Gasteiger partial charge on any atom is -0.430 e. The predicted molar refractivity (Wildman–Crippen MR) is 55.6 cm³/mol. The molecule has 4 nitrogen and oxygen atoms in total. The van der Waals surface area contributed by atoms with E-state index in [2.05, 4.69) is 4.98 Å². The summed E-state index contributed by atoms with van der Waals surface area (Å²) in [6.07, 6.45) is 0. The molecule has 0 bridgehead atoms. The number of aromatic nitrogens is 1. The molecule has 4 N–H and O–H groups in total. The maximum atomic E-state index is 7.12. The Labute approximate surface area is 80.0 Å². The topological polar surface area (TPSA) is 79.4 Å². The molecule has 2 aromatic rings. The quantitative estimate of drug-likeness (QED) is 0.522. The molecule has 0 fully saturated rings. The smallest absolute Gasteiger partial charge is 0.430 e. The molecule has 1 heterocycles. The number of para-hydroxylation sites is 1. The first-order valence-electron chi connectivity index (χ1n) is 3.60. The van der Waals surface area contributed by atoms with Gasteiger partial charge in [0.2, 0.25) is 0 Å². The van der Waals surface area contributed by atoms with Crippen molar-refractivity contribution in [1.82, 2.24) is 4.98 Å². The summed E-state index contributed by atoms with van der Waals surface area (Å²) in [5.74, 6) is 0. The van der Waals surface area contributed by atoms with Crippen LogP contribution in [-0.4, -0.2) is 22.7 Å². The second-order valence-corrected chi connectivity index (χ2v) is 3.22. The van der Waals surface area contributed by atoms with Gasteiger partial charge in [0.05, 0.1) is 10.2 Å². The van der Waals surface area contributed by atoms with E-state index in [9.17, 15) is 0 Å². The van der Waals surface area contributed by atoms with Crippen LogP contribution in [0.5, 0.6) is 0 Å². The average Bonchev–Trinajstić information content (AvgIpc) is 2.45. The van der Waals surface area contributed by atoms with E-state index in [1.165, 1.54) is 11.3 Å². The molecule has 0 aliphatic heterocycles. The molecule has 0 saturated heterocycles. The van der Waals surface area contributed by atoms with E-state index in [0.29, 0.717) is 5.13 Å². The number of thiazole rings is 1. The van der Waals surface area contributed by atoms with Crippen molar-refractivity contribution in [3.63, 3.8) is 0 Å². The average molecular weight is 196 g/mol.